The van der Waals surface area contributed by atoms with Crippen LogP contribution in [0.4, 0.5) is 11.6 Å². The average molecular weight is 463 g/mol. The second-order valence-corrected chi connectivity index (χ2v) is 8.31. The number of benzene rings is 1. The number of likely N-dealkylation sites (N-methyl/N-ethyl adjacent to an activating group) is 1. The van der Waals surface area contributed by atoms with Gasteiger partial charge in [0.15, 0.2) is 0 Å². The average Bonchev–Trinajstić information content (AvgIpc) is 2.85. The van der Waals surface area contributed by atoms with Gasteiger partial charge < -0.3 is 25.0 Å². The standard InChI is InChI=1S/C25H30N6O3/c1-16(20-7-5-17(25(32)26-2)9-22(20)33-4)11-27-23-10-21(29-15-30-23)18-6-8-24(28-12-18)31(3)19-13-34-14-19/h5-10,12,15-16,19H,11,13-14H2,1-4H3,(H,26,32)(H,27,29,30)/t16-/m1/s1. The molecule has 0 bridgehead atoms. The van der Waals surface area contributed by atoms with Gasteiger partial charge in [0.2, 0.25) is 0 Å². The zero-order chi connectivity index (χ0) is 24.1. The summed E-state index contributed by atoms with van der Waals surface area (Å²) in [6.07, 6.45) is 3.38. The molecule has 1 fully saturated rings. The second-order valence-electron chi connectivity index (χ2n) is 8.31. The van der Waals surface area contributed by atoms with Gasteiger partial charge in [0.05, 0.1) is 32.1 Å². The van der Waals surface area contributed by atoms with E-state index in [9.17, 15) is 4.79 Å². The summed E-state index contributed by atoms with van der Waals surface area (Å²) in [6.45, 7) is 4.21. The monoisotopic (exact) mass is 462 g/mol. The van der Waals surface area contributed by atoms with E-state index in [0.29, 0.717) is 23.9 Å². The molecule has 1 aliphatic rings. The third kappa shape index (κ3) is 5.09. The topological polar surface area (TPSA) is 102 Å². The number of ether oxygens (including phenoxy) is 2. The van der Waals surface area contributed by atoms with Crippen LogP contribution < -0.4 is 20.3 Å². The van der Waals surface area contributed by atoms with Crippen LogP contribution in [-0.2, 0) is 4.74 Å². The highest BCUT2D eigenvalue weighted by Gasteiger charge is 2.24. The molecule has 178 valence electrons. The van der Waals surface area contributed by atoms with Crippen molar-refractivity contribution in [3.05, 3.63) is 60.0 Å². The highest BCUT2D eigenvalue weighted by atomic mass is 16.5. The van der Waals surface area contributed by atoms with Crippen molar-refractivity contribution in [3.8, 4) is 17.0 Å². The second kappa shape index (κ2) is 10.5. The van der Waals surface area contributed by atoms with Gasteiger partial charge in [0, 0.05) is 49.9 Å². The van der Waals surface area contributed by atoms with Gasteiger partial charge in [0.25, 0.3) is 5.91 Å². The SMILES string of the molecule is CNC(=O)c1ccc([C@H](C)CNc2cc(-c3ccc(N(C)C4COC4)nc3)ncn2)c(OC)c1. The van der Waals surface area contributed by atoms with E-state index >= 15 is 0 Å². The Kier molecular flexibility index (Phi) is 7.22. The van der Waals surface area contributed by atoms with Gasteiger partial charge in [-0.05, 0) is 29.8 Å². The summed E-state index contributed by atoms with van der Waals surface area (Å²) in [4.78, 5) is 27.4. The van der Waals surface area contributed by atoms with Crippen molar-refractivity contribution < 1.29 is 14.3 Å². The number of aromatic nitrogens is 3. The lowest BCUT2D eigenvalue weighted by Gasteiger charge is -2.35. The van der Waals surface area contributed by atoms with E-state index < -0.39 is 0 Å². The molecule has 3 aromatic rings. The molecular formula is C25H30N6O3. The molecule has 4 rings (SSSR count). The molecule has 2 N–H and O–H groups in total. The Bertz CT molecular complexity index is 1130. The summed E-state index contributed by atoms with van der Waals surface area (Å²) in [6, 6.07) is 11.8. The molecule has 9 nitrogen and oxygen atoms in total. The first kappa shape index (κ1) is 23.4. The summed E-state index contributed by atoms with van der Waals surface area (Å²) in [5.41, 5.74) is 3.30. The quantitative estimate of drug-likeness (QED) is 0.501. The number of nitrogens with one attached hydrogen (secondary N) is 2. The van der Waals surface area contributed by atoms with Crippen LogP contribution in [0.25, 0.3) is 11.3 Å². The maximum absolute atomic E-state index is 11.9. The highest BCUT2D eigenvalue weighted by molar-refractivity contribution is 5.94. The van der Waals surface area contributed by atoms with Gasteiger partial charge in [0.1, 0.15) is 23.7 Å². The number of nitrogens with zero attached hydrogens (tertiary/aromatic N) is 4. The van der Waals surface area contributed by atoms with E-state index in [2.05, 4.69) is 37.4 Å². The molecule has 1 amide bonds. The number of carbonyl (C=O) groups excluding carboxylic acids is 1. The molecule has 9 heteroatoms. The minimum atomic E-state index is -0.143. The Hall–Kier alpha value is -3.72. The molecule has 1 aliphatic heterocycles. The number of pyridine rings is 1. The van der Waals surface area contributed by atoms with Gasteiger partial charge in [-0.25, -0.2) is 15.0 Å². The van der Waals surface area contributed by atoms with Crippen molar-refractivity contribution >= 4 is 17.5 Å². The smallest absolute Gasteiger partial charge is 0.251 e. The molecule has 3 heterocycles. The van der Waals surface area contributed by atoms with Crippen molar-refractivity contribution in [1.82, 2.24) is 20.3 Å². The summed E-state index contributed by atoms with van der Waals surface area (Å²) in [5, 5.41) is 6.02. The number of rotatable bonds is 9. The van der Waals surface area contributed by atoms with E-state index in [1.165, 1.54) is 0 Å². The van der Waals surface area contributed by atoms with Crippen molar-refractivity contribution in [2.75, 3.05) is 51.2 Å². The van der Waals surface area contributed by atoms with Gasteiger partial charge in [-0.1, -0.05) is 13.0 Å². The fourth-order valence-corrected chi connectivity index (χ4v) is 3.76. The van der Waals surface area contributed by atoms with Crippen molar-refractivity contribution in [3.63, 3.8) is 0 Å². The van der Waals surface area contributed by atoms with Crippen LogP contribution in [0.3, 0.4) is 0 Å². The van der Waals surface area contributed by atoms with Gasteiger partial charge in [-0.15, -0.1) is 0 Å². The first-order valence-electron chi connectivity index (χ1n) is 11.2. The lowest BCUT2D eigenvalue weighted by atomic mass is 9.98. The molecule has 0 spiro atoms. The summed E-state index contributed by atoms with van der Waals surface area (Å²) in [5.74, 6) is 2.30. The molecule has 2 aromatic heterocycles. The molecule has 0 aliphatic carbocycles. The first-order valence-corrected chi connectivity index (χ1v) is 11.2. The van der Waals surface area contributed by atoms with E-state index in [-0.39, 0.29) is 11.8 Å². The molecule has 0 radical (unpaired) electrons. The molecular weight excluding hydrogens is 432 g/mol. The number of hydrogen-bond acceptors (Lipinski definition) is 8. The summed E-state index contributed by atoms with van der Waals surface area (Å²) in [7, 11) is 5.25. The Morgan fingerprint density at radius 1 is 1.21 bits per heavy atom. The third-order valence-corrected chi connectivity index (χ3v) is 6.08. The number of methoxy groups -OCH3 is 1. The maximum Gasteiger partial charge on any atom is 0.251 e. The van der Waals surface area contributed by atoms with Crippen LogP contribution in [-0.4, -0.2) is 67.9 Å². The van der Waals surface area contributed by atoms with E-state index in [1.54, 1.807) is 26.6 Å². The van der Waals surface area contributed by atoms with Crippen LogP contribution in [0.15, 0.2) is 48.9 Å². The van der Waals surface area contributed by atoms with E-state index in [0.717, 1.165) is 41.7 Å². The lowest BCUT2D eigenvalue weighted by molar-refractivity contribution is 0.00988. The number of hydrogen-bond donors (Lipinski definition) is 2. The minimum Gasteiger partial charge on any atom is -0.496 e. The lowest BCUT2D eigenvalue weighted by Crippen LogP contribution is -2.47. The zero-order valence-electron chi connectivity index (χ0n) is 19.9. The number of anilines is 2. The molecule has 0 unspecified atom stereocenters. The van der Waals surface area contributed by atoms with Gasteiger partial charge in [-0.2, -0.15) is 0 Å². The fourth-order valence-electron chi connectivity index (χ4n) is 3.76. The van der Waals surface area contributed by atoms with Crippen molar-refractivity contribution in [2.24, 2.45) is 0 Å². The molecule has 0 saturated carbocycles. The predicted octanol–water partition coefficient (Wildman–Crippen LogP) is 2.96. The van der Waals surface area contributed by atoms with Crippen molar-refractivity contribution in [1.29, 1.82) is 0 Å². The predicted molar refractivity (Wildman–Crippen MR) is 132 cm³/mol. The van der Waals surface area contributed by atoms with Crippen LogP contribution in [0, 0.1) is 0 Å². The molecule has 1 saturated heterocycles. The van der Waals surface area contributed by atoms with Gasteiger partial charge in [-0.3, -0.25) is 4.79 Å². The summed E-state index contributed by atoms with van der Waals surface area (Å²) >= 11 is 0. The highest BCUT2D eigenvalue weighted by Crippen LogP contribution is 2.28. The fraction of sp³-hybridized carbons (Fsp3) is 0.360. The minimum absolute atomic E-state index is 0.124. The van der Waals surface area contributed by atoms with Crippen molar-refractivity contribution in [2.45, 2.75) is 18.9 Å². The molecule has 34 heavy (non-hydrogen) atoms. The van der Waals surface area contributed by atoms with Gasteiger partial charge >= 0.3 is 0 Å². The normalized spacial score (nSPS) is 14.1. The molecule has 1 atom stereocenters. The third-order valence-electron chi connectivity index (χ3n) is 6.08. The summed E-state index contributed by atoms with van der Waals surface area (Å²) < 4.78 is 10.8. The first-order chi connectivity index (χ1) is 16.5. The maximum atomic E-state index is 11.9. The zero-order valence-corrected chi connectivity index (χ0v) is 19.9. The Morgan fingerprint density at radius 2 is 2.03 bits per heavy atom. The van der Waals surface area contributed by atoms with Crippen LogP contribution in [0.5, 0.6) is 5.75 Å². The van der Waals surface area contributed by atoms with E-state index in [1.807, 2.05) is 43.6 Å². The Balaban J connectivity index is 1.42. The molecule has 1 aromatic carbocycles. The Morgan fingerprint density at radius 3 is 2.68 bits per heavy atom. The number of amides is 1. The largest absolute Gasteiger partial charge is 0.496 e. The van der Waals surface area contributed by atoms with E-state index in [4.69, 9.17) is 9.47 Å². The Labute approximate surface area is 199 Å². The van der Waals surface area contributed by atoms with Crippen LogP contribution in [0.1, 0.15) is 28.8 Å². The van der Waals surface area contributed by atoms with Crippen LogP contribution >= 0.6 is 0 Å². The van der Waals surface area contributed by atoms with Crippen LogP contribution in [0.2, 0.25) is 0 Å². The number of carbonyl (C=O) groups is 1.